The van der Waals surface area contributed by atoms with E-state index in [2.05, 4.69) is 54.6 Å². The third-order valence-corrected chi connectivity index (χ3v) is 6.13. The fourth-order valence-corrected chi connectivity index (χ4v) is 4.39. The van der Waals surface area contributed by atoms with Gasteiger partial charge in [0.15, 0.2) is 11.5 Å². The Balaban J connectivity index is 1.94. The van der Waals surface area contributed by atoms with Crippen LogP contribution >= 0.6 is 0 Å². The Morgan fingerprint density at radius 1 is 1.31 bits per heavy atom. The standard InChI is InChI=1S/C27H38N6O3/c1-18(2)32(19(3)4)15-9-17-36-22-12-11-21-23(24(22)35-7)30-27(33-16-14-29-25(21)33)31-26(34)20(5)10-8-13-28-6/h8,10-13,18-19,29H,6,9,14-17H2,1-5,7H3. The van der Waals surface area contributed by atoms with Crippen molar-refractivity contribution in [2.75, 3.05) is 32.1 Å². The molecule has 0 radical (unpaired) electrons. The van der Waals surface area contributed by atoms with Crippen molar-refractivity contribution in [3.63, 3.8) is 0 Å². The molecule has 0 bridgehead atoms. The third-order valence-electron chi connectivity index (χ3n) is 6.13. The molecule has 1 aliphatic heterocycles. The number of amides is 1. The van der Waals surface area contributed by atoms with Crippen LogP contribution in [0.5, 0.6) is 11.5 Å². The molecule has 9 heteroatoms. The van der Waals surface area contributed by atoms with Crippen LogP contribution in [0.3, 0.4) is 0 Å². The summed E-state index contributed by atoms with van der Waals surface area (Å²) in [5, 5.41) is 4.28. The van der Waals surface area contributed by atoms with E-state index in [0.29, 0.717) is 53.4 Å². The summed E-state index contributed by atoms with van der Waals surface area (Å²) in [7, 11) is 1.60. The summed E-state index contributed by atoms with van der Waals surface area (Å²) >= 11 is 0. The van der Waals surface area contributed by atoms with Crippen molar-refractivity contribution in [2.24, 2.45) is 9.98 Å². The van der Waals surface area contributed by atoms with Gasteiger partial charge < -0.3 is 14.8 Å². The summed E-state index contributed by atoms with van der Waals surface area (Å²) in [6, 6.07) is 4.85. The van der Waals surface area contributed by atoms with Crippen molar-refractivity contribution in [3.8, 4) is 11.5 Å². The van der Waals surface area contributed by atoms with E-state index >= 15 is 0 Å². The number of hydrogen-bond donors (Lipinski definition) is 1. The molecule has 0 atom stereocenters. The highest BCUT2D eigenvalue weighted by atomic mass is 16.5. The second-order valence-electron chi connectivity index (χ2n) is 9.25. The van der Waals surface area contributed by atoms with Gasteiger partial charge >= 0.3 is 0 Å². The molecule has 194 valence electrons. The Kier molecular flexibility index (Phi) is 9.41. The molecule has 1 aliphatic rings. The Bertz CT molecular complexity index is 1220. The lowest BCUT2D eigenvalue weighted by molar-refractivity contribution is -0.114. The van der Waals surface area contributed by atoms with E-state index < -0.39 is 0 Å². The smallest absolute Gasteiger partial charge is 0.275 e. The van der Waals surface area contributed by atoms with E-state index in [-0.39, 0.29) is 5.91 Å². The molecule has 0 aliphatic carbocycles. The number of aromatic nitrogens is 2. The minimum atomic E-state index is -0.372. The fraction of sp³-hybridized carbons (Fsp3) is 0.481. The lowest BCUT2D eigenvalue weighted by Crippen LogP contribution is -2.38. The largest absolute Gasteiger partial charge is 0.491 e. The first-order valence-corrected chi connectivity index (χ1v) is 12.4. The maximum atomic E-state index is 12.7. The van der Waals surface area contributed by atoms with Crippen molar-refractivity contribution < 1.29 is 14.3 Å². The lowest BCUT2D eigenvalue weighted by atomic mass is 10.2. The van der Waals surface area contributed by atoms with Gasteiger partial charge in [0.2, 0.25) is 5.62 Å². The van der Waals surface area contributed by atoms with Crippen LogP contribution in [-0.2, 0) is 11.3 Å². The molecule has 0 unspecified atom stereocenters. The Morgan fingerprint density at radius 2 is 2.06 bits per heavy atom. The molecule has 0 spiro atoms. The van der Waals surface area contributed by atoms with Crippen LogP contribution in [0.4, 0.5) is 5.82 Å². The lowest BCUT2D eigenvalue weighted by Gasteiger charge is -2.30. The van der Waals surface area contributed by atoms with Gasteiger partial charge in [-0.1, -0.05) is 6.08 Å². The molecule has 1 amide bonds. The first kappa shape index (κ1) is 27.1. The number of rotatable bonds is 11. The number of aliphatic imine (C=N–C) groups is 1. The Morgan fingerprint density at radius 3 is 2.72 bits per heavy atom. The normalized spacial score (nSPS) is 14.2. The molecular weight excluding hydrogens is 456 g/mol. The first-order chi connectivity index (χ1) is 17.3. The SMILES string of the molecule is C=NC=CC=C(C)C(=O)N=c1nc2c(OC)c(OCCCN(C(C)C)C(C)C)ccc2c2n1CCN2. The number of allylic oxidation sites excluding steroid dienone is 2. The summed E-state index contributed by atoms with van der Waals surface area (Å²) in [6.07, 6.45) is 5.70. The van der Waals surface area contributed by atoms with Gasteiger partial charge in [-0.15, -0.1) is 0 Å². The minimum Gasteiger partial charge on any atom is -0.491 e. The number of nitrogens with one attached hydrogen (secondary N) is 1. The second kappa shape index (κ2) is 12.5. The van der Waals surface area contributed by atoms with Crippen LogP contribution < -0.4 is 20.4 Å². The number of ether oxygens (including phenoxy) is 2. The zero-order valence-electron chi connectivity index (χ0n) is 22.2. The molecule has 2 heterocycles. The minimum absolute atomic E-state index is 0.325. The monoisotopic (exact) mass is 494 g/mol. The van der Waals surface area contributed by atoms with Crippen LogP contribution in [0.1, 0.15) is 41.0 Å². The van der Waals surface area contributed by atoms with Crippen molar-refractivity contribution >= 4 is 29.3 Å². The zero-order chi connectivity index (χ0) is 26.2. The average molecular weight is 495 g/mol. The molecule has 0 fully saturated rings. The quantitative estimate of drug-likeness (QED) is 0.220. The average Bonchev–Trinajstić information content (AvgIpc) is 3.33. The van der Waals surface area contributed by atoms with Gasteiger partial charge in [-0.05, 0) is 66.0 Å². The number of carbonyl (C=O) groups is 1. The van der Waals surface area contributed by atoms with Crippen molar-refractivity contribution in [1.82, 2.24) is 14.5 Å². The number of benzene rings is 1. The molecule has 1 N–H and O–H groups in total. The van der Waals surface area contributed by atoms with E-state index in [1.165, 1.54) is 6.20 Å². The predicted molar refractivity (Wildman–Crippen MR) is 145 cm³/mol. The van der Waals surface area contributed by atoms with Gasteiger partial charge in [0.1, 0.15) is 11.3 Å². The van der Waals surface area contributed by atoms with Gasteiger partial charge in [0.05, 0.1) is 13.7 Å². The summed E-state index contributed by atoms with van der Waals surface area (Å²) in [5.41, 5.74) is 1.40. The Labute approximate surface area is 213 Å². The van der Waals surface area contributed by atoms with Gasteiger partial charge in [-0.3, -0.25) is 19.3 Å². The van der Waals surface area contributed by atoms with Crippen molar-refractivity contribution in [1.29, 1.82) is 0 Å². The van der Waals surface area contributed by atoms with E-state index in [1.807, 2.05) is 16.7 Å². The summed E-state index contributed by atoms with van der Waals surface area (Å²) in [4.78, 5) is 27.9. The first-order valence-electron chi connectivity index (χ1n) is 12.4. The number of fused-ring (bicyclic) bond motifs is 3. The maximum Gasteiger partial charge on any atom is 0.275 e. The van der Waals surface area contributed by atoms with Crippen LogP contribution in [0, 0.1) is 0 Å². The van der Waals surface area contributed by atoms with E-state index in [0.717, 1.165) is 30.7 Å². The van der Waals surface area contributed by atoms with Crippen LogP contribution in [0.15, 0.2) is 46.0 Å². The number of anilines is 1. The van der Waals surface area contributed by atoms with Gasteiger partial charge in [-0.25, -0.2) is 4.98 Å². The summed E-state index contributed by atoms with van der Waals surface area (Å²) < 4.78 is 13.8. The zero-order valence-corrected chi connectivity index (χ0v) is 22.2. The Hall–Kier alpha value is -3.46. The number of methoxy groups -OCH3 is 1. The fourth-order valence-electron chi connectivity index (χ4n) is 4.39. The second-order valence-corrected chi connectivity index (χ2v) is 9.25. The van der Waals surface area contributed by atoms with Crippen molar-refractivity contribution in [2.45, 2.75) is 59.7 Å². The molecule has 0 saturated carbocycles. The predicted octanol–water partition coefficient (Wildman–Crippen LogP) is 3.95. The van der Waals surface area contributed by atoms with Gasteiger partial charge in [-0.2, -0.15) is 4.99 Å². The van der Waals surface area contributed by atoms with Crippen molar-refractivity contribution in [3.05, 3.63) is 41.7 Å². The van der Waals surface area contributed by atoms with E-state index in [4.69, 9.17) is 14.5 Å². The van der Waals surface area contributed by atoms with Gasteiger partial charge in [0.25, 0.3) is 5.91 Å². The molecule has 3 rings (SSSR count). The number of hydrogen-bond acceptors (Lipinski definition) is 7. The molecule has 1 aromatic heterocycles. The summed E-state index contributed by atoms with van der Waals surface area (Å²) in [5.74, 6) is 1.64. The molecule has 1 aromatic carbocycles. The number of carbonyl (C=O) groups excluding carboxylic acids is 1. The third kappa shape index (κ3) is 6.20. The van der Waals surface area contributed by atoms with Crippen LogP contribution in [0.25, 0.3) is 10.9 Å². The van der Waals surface area contributed by atoms with E-state index in [9.17, 15) is 4.79 Å². The molecule has 9 nitrogen and oxygen atoms in total. The molecule has 0 saturated heterocycles. The summed E-state index contributed by atoms with van der Waals surface area (Å²) in [6.45, 7) is 16.8. The topological polar surface area (TPSA) is 93.3 Å². The van der Waals surface area contributed by atoms with Gasteiger partial charge in [0, 0.05) is 48.9 Å². The van der Waals surface area contributed by atoms with Crippen LogP contribution in [-0.4, -0.2) is 66.0 Å². The molecule has 2 aromatic rings. The number of nitrogens with zero attached hydrogens (tertiary/aromatic N) is 5. The highest BCUT2D eigenvalue weighted by Crippen LogP contribution is 2.37. The maximum absolute atomic E-state index is 12.7. The van der Waals surface area contributed by atoms with Crippen LogP contribution in [0.2, 0.25) is 0 Å². The molecular formula is C27H38N6O3. The highest BCUT2D eigenvalue weighted by molar-refractivity contribution is 5.96. The highest BCUT2D eigenvalue weighted by Gasteiger charge is 2.21. The van der Waals surface area contributed by atoms with E-state index in [1.54, 1.807) is 26.2 Å². The molecule has 36 heavy (non-hydrogen) atoms.